The zero-order valence-electron chi connectivity index (χ0n) is 10.9. The predicted molar refractivity (Wildman–Crippen MR) is 81.2 cm³/mol. The molecule has 1 heterocycles. The molecule has 3 rings (SSSR count). The van der Waals surface area contributed by atoms with Crippen molar-refractivity contribution in [3.8, 4) is 0 Å². The third-order valence-corrected chi connectivity index (χ3v) is 3.81. The van der Waals surface area contributed by atoms with E-state index in [9.17, 15) is 4.79 Å². The maximum Gasteiger partial charge on any atom is 0.247 e. The van der Waals surface area contributed by atoms with Crippen LogP contribution in [0.2, 0.25) is 5.02 Å². The summed E-state index contributed by atoms with van der Waals surface area (Å²) in [6, 6.07) is 15.6. The van der Waals surface area contributed by atoms with Crippen molar-refractivity contribution >= 4 is 23.6 Å². The van der Waals surface area contributed by atoms with Gasteiger partial charge in [0.15, 0.2) is 0 Å². The molecule has 0 atom stereocenters. The fourth-order valence-electron chi connectivity index (χ4n) is 2.37. The first kappa shape index (κ1) is 12.9. The van der Waals surface area contributed by atoms with Crippen LogP contribution in [0, 0.1) is 0 Å². The lowest BCUT2D eigenvalue weighted by atomic mass is 10.1. The Balaban J connectivity index is 1.71. The van der Waals surface area contributed by atoms with Crippen LogP contribution >= 0.6 is 11.6 Å². The number of halogens is 1. The third kappa shape index (κ3) is 2.61. The maximum atomic E-state index is 12.2. The summed E-state index contributed by atoms with van der Waals surface area (Å²) in [5.74, 6) is 0.0149. The van der Waals surface area contributed by atoms with Crippen LogP contribution in [0.25, 0.3) is 6.08 Å². The molecule has 0 saturated carbocycles. The van der Waals surface area contributed by atoms with E-state index in [1.54, 1.807) is 12.2 Å². The molecule has 20 heavy (non-hydrogen) atoms. The number of benzene rings is 2. The number of carbonyl (C=O) groups excluding carboxylic acids is 1. The summed E-state index contributed by atoms with van der Waals surface area (Å²) in [6.07, 6.45) is 3.36. The predicted octanol–water partition coefficient (Wildman–Crippen LogP) is 3.90. The minimum absolute atomic E-state index is 0.0149. The molecule has 0 unspecified atom stereocenters. The van der Waals surface area contributed by atoms with Crippen molar-refractivity contribution in [2.24, 2.45) is 0 Å². The highest BCUT2D eigenvalue weighted by Gasteiger charge is 2.20. The second-order valence-electron chi connectivity index (χ2n) is 4.82. The minimum atomic E-state index is 0.0149. The Hall–Kier alpha value is -2.06. The molecule has 0 bridgehead atoms. The zero-order chi connectivity index (χ0) is 13.9. The number of amides is 1. The van der Waals surface area contributed by atoms with Gasteiger partial charge in [0.1, 0.15) is 0 Å². The molecule has 0 saturated heterocycles. The van der Waals surface area contributed by atoms with Gasteiger partial charge < -0.3 is 4.90 Å². The van der Waals surface area contributed by atoms with E-state index < -0.39 is 0 Å². The summed E-state index contributed by atoms with van der Waals surface area (Å²) >= 11 is 6.06. The van der Waals surface area contributed by atoms with Crippen LogP contribution in [0.15, 0.2) is 54.6 Å². The third-order valence-electron chi connectivity index (χ3n) is 3.46. The van der Waals surface area contributed by atoms with Gasteiger partial charge in [0.2, 0.25) is 5.91 Å². The van der Waals surface area contributed by atoms with E-state index in [0.29, 0.717) is 18.1 Å². The highest BCUT2D eigenvalue weighted by atomic mass is 35.5. The molecule has 100 valence electrons. The highest BCUT2D eigenvalue weighted by Crippen LogP contribution is 2.23. The van der Waals surface area contributed by atoms with Gasteiger partial charge in [-0.1, -0.05) is 54.1 Å². The van der Waals surface area contributed by atoms with Gasteiger partial charge in [-0.25, -0.2) is 0 Å². The van der Waals surface area contributed by atoms with Gasteiger partial charge in [-0.15, -0.1) is 0 Å². The number of fused-ring (bicyclic) bond motifs is 1. The van der Waals surface area contributed by atoms with Crippen LogP contribution in [-0.2, 0) is 17.9 Å². The summed E-state index contributed by atoms with van der Waals surface area (Å²) in [5.41, 5.74) is 3.32. The maximum absolute atomic E-state index is 12.2. The summed E-state index contributed by atoms with van der Waals surface area (Å²) in [5, 5.41) is 0.654. The smallest absolute Gasteiger partial charge is 0.247 e. The van der Waals surface area contributed by atoms with Crippen LogP contribution in [-0.4, -0.2) is 10.8 Å². The molecule has 0 aliphatic carbocycles. The molecule has 3 heteroatoms. The first-order chi connectivity index (χ1) is 9.74. The molecule has 2 aromatic rings. The molecule has 1 amide bonds. The molecule has 2 nitrogen and oxygen atoms in total. The second-order valence-corrected chi connectivity index (χ2v) is 5.23. The van der Waals surface area contributed by atoms with Crippen molar-refractivity contribution in [2.75, 3.05) is 0 Å². The lowest BCUT2D eigenvalue weighted by Crippen LogP contribution is -2.22. The van der Waals surface area contributed by atoms with Crippen molar-refractivity contribution < 1.29 is 4.79 Å². The van der Waals surface area contributed by atoms with E-state index in [-0.39, 0.29) is 5.91 Å². The Bertz CT molecular complexity index is 653. The fourth-order valence-corrected chi connectivity index (χ4v) is 2.56. The van der Waals surface area contributed by atoms with E-state index in [0.717, 1.165) is 5.56 Å². The van der Waals surface area contributed by atoms with Gasteiger partial charge in [-0.05, 0) is 28.8 Å². The molecule has 1 aliphatic rings. The molecule has 2 aromatic carbocycles. The van der Waals surface area contributed by atoms with Crippen molar-refractivity contribution in [2.45, 2.75) is 13.1 Å². The fraction of sp³-hybridized carbons (Fsp3) is 0.118. The van der Waals surface area contributed by atoms with E-state index in [1.807, 2.05) is 41.3 Å². The zero-order valence-corrected chi connectivity index (χ0v) is 11.7. The first-order valence-electron chi connectivity index (χ1n) is 6.52. The normalized spacial score (nSPS) is 13.8. The molecule has 0 spiro atoms. The van der Waals surface area contributed by atoms with Crippen molar-refractivity contribution in [3.63, 3.8) is 0 Å². The number of carbonyl (C=O) groups is 1. The summed E-state index contributed by atoms with van der Waals surface area (Å²) in [7, 11) is 0. The van der Waals surface area contributed by atoms with Crippen molar-refractivity contribution in [1.82, 2.24) is 4.90 Å². The van der Waals surface area contributed by atoms with Gasteiger partial charge in [0.05, 0.1) is 0 Å². The largest absolute Gasteiger partial charge is 0.330 e. The van der Waals surface area contributed by atoms with Crippen LogP contribution in [0.1, 0.15) is 16.7 Å². The number of hydrogen-bond acceptors (Lipinski definition) is 1. The second kappa shape index (κ2) is 5.51. The number of nitrogens with zero attached hydrogens (tertiary/aromatic N) is 1. The van der Waals surface area contributed by atoms with Gasteiger partial charge in [0.25, 0.3) is 0 Å². The topological polar surface area (TPSA) is 20.3 Å². The van der Waals surface area contributed by atoms with Crippen LogP contribution in [0.5, 0.6) is 0 Å². The van der Waals surface area contributed by atoms with Crippen molar-refractivity contribution in [3.05, 3.63) is 76.3 Å². The Kier molecular flexibility index (Phi) is 3.57. The Morgan fingerprint density at radius 2 is 1.60 bits per heavy atom. The van der Waals surface area contributed by atoms with Gasteiger partial charge >= 0.3 is 0 Å². The standard InChI is InChI=1S/C17H14ClNO/c18-16-8-4-3-5-13(16)9-10-17(20)19-11-14-6-1-2-7-15(14)12-19/h1-10H,11-12H2. The van der Waals surface area contributed by atoms with E-state index in [4.69, 9.17) is 11.6 Å². The molecule has 1 aliphatic heterocycles. The summed E-state index contributed by atoms with van der Waals surface area (Å²) < 4.78 is 0. The lowest BCUT2D eigenvalue weighted by Gasteiger charge is -2.12. The average molecular weight is 284 g/mol. The molecular weight excluding hydrogens is 270 g/mol. The molecule has 0 fully saturated rings. The summed E-state index contributed by atoms with van der Waals surface area (Å²) in [4.78, 5) is 14.0. The summed E-state index contributed by atoms with van der Waals surface area (Å²) in [6.45, 7) is 1.36. The van der Waals surface area contributed by atoms with Crippen molar-refractivity contribution in [1.29, 1.82) is 0 Å². The first-order valence-corrected chi connectivity index (χ1v) is 6.90. The SMILES string of the molecule is O=C(C=Cc1ccccc1Cl)N1Cc2ccccc2C1. The Labute approximate surface area is 123 Å². The quantitative estimate of drug-likeness (QED) is 0.766. The monoisotopic (exact) mass is 283 g/mol. The average Bonchev–Trinajstić information content (AvgIpc) is 2.90. The number of rotatable bonds is 2. The van der Waals surface area contributed by atoms with Gasteiger partial charge in [-0.2, -0.15) is 0 Å². The lowest BCUT2D eigenvalue weighted by molar-refractivity contribution is -0.126. The Morgan fingerprint density at radius 1 is 1.00 bits per heavy atom. The molecule has 0 aromatic heterocycles. The van der Waals surface area contributed by atoms with Gasteiger partial charge in [-0.3, -0.25) is 4.79 Å². The van der Waals surface area contributed by atoms with Crippen LogP contribution in [0.3, 0.4) is 0 Å². The van der Waals surface area contributed by atoms with E-state index in [2.05, 4.69) is 12.1 Å². The minimum Gasteiger partial charge on any atom is -0.330 e. The van der Waals surface area contributed by atoms with E-state index in [1.165, 1.54) is 11.1 Å². The van der Waals surface area contributed by atoms with Crippen LogP contribution in [0.4, 0.5) is 0 Å². The molecule has 0 radical (unpaired) electrons. The van der Waals surface area contributed by atoms with Crippen LogP contribution < -0.4 is 0 Å². The Morgan fingerprint density at radius 3 is 2.25 bits per heavy atom. The van der Waals surface area contributed by atoms with Gasteiger partial charge in [0, 0.05) is 24.2 Å². The number of hydrogen-bond donors (Lipinski definition) is 0. The van der Waals surface area contributed by atoms with E-state index >= 15 is 0 Å². The highest BCUT2D eigenvalue weighted by molar-refractivity contribution is 6.32. The molecule has 0 N–H and O–H groups in total. The molecular formula is C17H14ClNO.